The Morgan fingerprint density at radius 3 is 2.52 bits per heavy atom. The molecule has 0 fully saturated rings. The number of ether oxygens (including phenoxy) is 1. The van der Waals surface area contributed by atoms with Crippen LogP contribution in [0.2, 0.25) is 5.02 Å². The van der Waals surface area contributed by atoms with E-state index in [1.54, 1.807) is 18.2 Å². The van der Waals surface area contributed by atoms with E-state index in [1.165, 1.54) is 12.1 Å². The number of nitrogens with two attached hydrogens (primary N) is 1. The minimum Gasteiger partial charge on any atom is -0.456 e. The average Bonchev–Trinajstić information content (AvgIpc) is 2.42. The molecule has 0 aliphatic heterocycles. The standard InChI is InChI=1S/C14H13BrClNO3S/c1-2-9-7-10(3-5-13(9)16)20-14-6-4-11(8-12(14)15)21(17,18)19/h3-8H,2H2,1H3,(H2,17,18,19). The van der Waals surface area contributed by atoms with Crippen molar-refractivity contribution in [3.63, 3.8) is 0 Å². The summed E-state index contributed by atoms with van der Waals surface area (Å²) in [4.78, 5) is 0.0204. The highest BCUT2D eigenvalue weighted by molar-refractivity contribution is 9.10. The predicted octanol–water partition coefficient (Wildman–Crippen LogP) is 4.10. The molecule has 0 aromatic heterocycles. The SMILES string of the molecule is CCc1cc(Oc2ccc(S(N)(=O)=O)cc2Br)ccc1Cl. The van der Waals surface area contributed by atoms with Gasteiger partial charge in [-0.1, -0.05) is 18.5 Å². The highest BCUT2D eigenvalue weighted by Gasteiger charge is 2.12. The second-order valence-electron chi connectivity index (χ2n) is 4.35. The van der Waals surface area contributed by atoms with Gasteiger partial charge in [0.05, 0.1) is 9.37 Å². The zero-order chi connectivity index (χ0) is 15.6. The molecular weight excluding hydrogens is 378 g/mol. The zero-order valence-corrected chi connectivity index (χ0v) is 14.3. The van der Waals surface area contributed by atoms with E-state index in [1.807, 2.05) is 13.0 Å². The van der Waals surface area contributed by atoms with Crippen LogP contribution in [0.25, 0.3) is 0 Å². The molecule has 2 N–H and O–H groups in total. The summed E-state index contributed by atoms with van der Waals surface area (Å²) in [5, 5.41) is 5.77. The summed E-state index contributed by atoms with van der Waals surface area (Å²) >= 11 is 9.33. The number of aryl methyl sites for hydroxylation is 1. The Morgan fingerprint density at radius 1 is 1.24 bits per heavy atom. The van der Waals surface area contributed by atoms with Crippen LogP contribution in [0.3, 0.4) is 0 Å². The first-order chi connectivity index (χ1) is 9.81. The van der Waals surface area contributed by atoms with Gasteiger partial charge in [-0.2, -0.15) is 0 Å². The minimum absolute atomic E-state index is 0.0204. The van der Waals surface area contributed by atoms with Crippen LogP contribution < -0.4 is 9.88 Å². The fraction of sp³-hybridized carbons (Fsp3) is 0.143. The van der Waals surface area contributed by atoms with Crippen LogP contribution in [0.5, 0.6) is 11.5 Å². The van der Waals surface area contributed by atoms with Crippen molar-refractivity contribution < 1.29 is 13.2 Å². The molecule has 0 aliphatic rings. The summed E-state index contributed by atoms with van der Waals surface area (Å²) in [5.74, 6) is 1.12. The third-order valence-electron chi connectivity index (χ3n) is 2.86. The van der Waals surface area contributed by atoms with Gasteiger partial charge in [-0.25, -0.2) is 13.6 Å². The van der Waals surface area contributed by atoms with E-state index in [0.717, 1.165) is 12.0 Å². The predicted molar refractivity (Wildman–Crippen MR) is 86.4 cm³/mol. The first-order valence-electron chi connectivity index (χ1n) is 6.10. The maximum Gasteiger partial charge on any atom is 0.238 e. The molecule has 0 amide bonds. The second-order valence-corrected chi connectivity index (χ2v) is 7.17. The molecule has 0 aliphatic carbocycles. The molecule has 7 heteroatoms. The second kappa shape index (κ2) is 6.36. The van der Waals surface area contributed by atoms with Crippen LogP contribution >= 0.6 is 27.5 Å². The smallest absolute Gasteiger partial charge is 0.238 e. The topological polar surface area (TPSA) is 69.4 Å². The van der Waals surface area contributed by atoms with Gasteiger partial charge in [0.25, 0.3) is 0 Å². The Balaban J connectivity index is 2.32. The third-order valence-corrected chi connectivity index (χ3v) is 4.76. The molecule has 0 saturated heterocycles. The Hall–Kier alpha value is -1.08. The van der Waals surface area contributed by atoms with Crippen LogP contribution in [0.1, 0.15) is 12.5 Å². The van der Waals surface area contributed by atoms with Gasteiger partial charge in [0.2, 0.25) is 10.0 Å². The number of rotatable bonds is 4. The largest absolute Gasteiger partial charge is 0.456 e. The molecule has 0 radical (unpaired) electrons. The lowest BCUT2D eigenvalue weighted by Crippen LogP contribution is -2.11. The van der Waals surface area contributed by atoms with Crippen molar-refractivity contribution in [1.82, 2.24) is 0 Å². The van der Waals surface area contributed by atoms with E-state index in [0.29, 0.717) is 21.0 Å². The van der Waals surface area contributed by atoms with Crippen LogP contribution in [-0.2, 0) is 16.4 Å². The summed E-state index contributed by atoms with van der Waals surface area (Å²) < 4.78 is 28.8. The molecule has 21 heavy (non-hydrogen) atoms. The lowest BCUT2D eigenvalue weighted by atomic mass is 10.1. The van der Waals surface area contributed by atoms with Crippen molar-refractivity contribution in [3.05, 3.63) is 51.5 Å². The first-order valence-corrected chi connectivity index (χ1v) is 8.81. The molecule has 112 valence electrons. The Labute approximate surface area is 137 Å². The van der Waals surface area contributed by atoms with Crippen molar-refractivity contribution in [2.24, 2.45) is 5.14 Å². The monoisotopic (exact) mass is 389 g/mol. The summed E-state index contributed by atoms with van der Waals surface area (Å²) in [6.45, 7) is 2.00. The molecule has 0 heterocycles. The van der Waals surface area contributed by atoms with Gasteiger partial charge in [-0.15, -0.1) is 0 Å². The van der Waals surface area contributed by atoms with Crippen molar-refractivity contribution >= 4 is 37.6 Å². The van der Waals surface area contributed by atoms with Crippen LogP contribution in [-0.4, -0.2) is 8.42 Å². The van der Waals surface area contributed by atoms with Crippen molar-refractivity contribution in [2.75, 3.05) is 0 Å². The van der Waals surface area contributed by atoms with Gasteiger partial charge in [0.1, 0.15) is 11.5 Å². The Bertz CT molecular complexity index is 778. The molecule has 4 nitrogen and oxygen atoms in total. The molecule has 2 aromatic rings. The summed E-state index contributed by atoms with van der Waals surface area (Å²) in [7, 11) is -3.73. The summed E-state index contributed by atoms with van der Waals surface area (Å²) in [6, 6.07) is 9.71. The van der Waals surface area contributed by atoms with E-state index >= 15 is 0 Å². The highest BCUT2D eigenvalue weighted by Crippen LogP contribution is 2.33. The van der Waals surface area contributed by atoms with Crippen molar-refractivity contribution in [3.8, 4) is 11.5 Å². The molecule has 0 saturated carbocycles. The maximum atomic E-state index is 11.3. The fourth-order valence-corrected chi connectivity index (χ4v) is 3.16. The van der Waals surface area contributed by atoms with E-state index < -0.39 is 10.0 Å². The van der Waals surface area contributed by atoms with Crippen LogP contribution in [0.4, 0.5) is 0 Å². The van der Waals surface area contributed by atoms with E-state index in [9.17, 15) is 8.42 Å². The minimum atomic E-state index is -3.73. The zero-order valence-electron chi connectivity index (χ0n) is 11.1. The quantitative estimate of drug-likeness (QED) is 0.854. The lowest BCUT2D eigenvalue weighted by molar-refractivity contribution is 0.478. The number of hydrogen-bond acceptors (Lipinski definition) is 3. The Kier molecular flexibility index (Phi) is 4.93. The van der Waals surface area contributed by atoms with Gasteiger partial charge in [0.15, 0.2) is 0 Å². The average molecular weight is 391 g/mol. The lowest BCUT2D eigenvalue weighted by Gasteiger charge is -2.10. The number of primary sulfonamides is 1. The fourth-order valence-electron chi connectivity index (χ4n) is 1.75. The number of hydrogen-bond donors (Lipinski definition) is 1. The van der Waals surface area contributed by atoms with Gasteiger partial charge in [-0.3, -0.25) is 0 Å². The molecule has 2 aromatic carbocycles. The molecule has 0 spiro atoms. The van der Waals surface area contributed by atoms with Gasteiger partial charge < -0.3 is 4.74 Å². The summed E-state index contributed by atoms with van der Waals surface area (Å²) in [6.07, 6.45) is 0.793. The first kappa shape index (κ1) is 16.3. The third kappa shape index (κ3) is 3.97. The maximum absolute atomic E-state index is 11.3. The molecule has 2 rings (SSSR count). The van der Waals surface area contributed by atoms with Gasteiger partial charge in [-0.05, 0) is 64.3 Å². The molecule has 0 atom stereocenters. The van der Waals surface area contributed by atoms with Crippen molar-refractivity contribution in [1.29, 1.82) is 0 Å². The number of halogens is 2. The van der Waals surface area contributed by atoms with E-state index in [-0.39, 0.29) is 4.90 Å². The number of benzene rings is 2. The van der Waals surface area contributed by atoms with Crippen LogP contribution in [0, 0.1) is 0 Å². The summed E-state index contributed by atoms with van der Waals surface area (Å²) in [5.41, 5.74) is 0.978. The molecular formula is C14H13BrClNO3S. The Morgan fingerprint density at radius 2 is 1.95 bits per heavy atom. The molecule has 0 bridgehead atoms. The van der Waals surface area contributed by atoms with E-state index in [2.05, 4.69) is 15.9 Å². The van der Waals surface area contributed by atoms with Gasteiger partial charge >= 0.3 is 0 Å². The van der Waals surface area contributed by atoms with Crippen LogP contribution in [0.15, 0.2) is 45.8 Å². The van der Waals surface area contributed by atoms with Crippen molar-refractivity contribution in [2.45, 2.75) is 18.2 Å². The van der Waals surface area contributed by atoms with Gasteiger partial charge in [0, 0.05) is 5.02 Å². The number of sulfonamides is 1. The normalized spacial score (nSPS) is 11.4. The molecule has 0 unspecified atom stereocenters. The highest BCUT2D eigenvalue weighted by atomic mass is 79.9. The van der Waals surface area contributed by atoms with E-state index in [4.69, 9.17) is 21.5 Å².